The number of nitrogens with zero attached hydrogens (tertiary/aromatic N) is 2. The van der Waals surface area contributed by atoms with Crippen molar-refractivity contribution in [3.8, 4) is 0 Å². The Morgan fingerprint density at radius 3 is 2.72 bits per heavy atom. The molecule has 0 radical (unpaired) electrons. The minimum atomic E-state index is -3.13. The zero-order valence-corrected chi connectivity index (χ0v) is 11.6. The highest BCUT2D eigenvalue weighted by Gasteiger charge is 2.29. The van der Waals surface area contributed by atoms with Crippen LogP contribution >= 0.6 is 0 Å². The number of nitrogens with two attached hydrogens (primary N) is 1. The van der Waals surface area contributed by atoms with Crippen LogP contribution in [0.5, 0.6) is 0 Å². The van der Waals surface area contributed by atoms with Crippen molar-refractivity contribution in [3.05, 3.63) is 0 Å². The molecule has 0 aromatic carbocycles. The maximum absolute atomic E-state index is 11.7. The molecule has 1 atom stereocenters. The van der Waals surface area contributed by atoms with E-state index in [9.17, 15) is 8.42 Å². The van der Waals surface area contributed by atoms with Crippen molar-refractivity contribution < 1.29 is 8.42 Å². The number of aliphatic imine (C=N–C) groups is 1. The van der Waals surface area contributed by atoms with Crippen molar-refractivity contribution in [2.75, 3.05) is 19.3 Å². The van der Waals surface area contributed by atoms with E-state index in [-0.39, 0.29) is 6.04 Å². The Kier molecular flexibility index (Phi) is 4.11. The second kappa shape index (κ2) is 5.44. The summed E-state index contributed by atoms with van der Waals surface area (Å²) in [5, 5.41) is 3.11. The summed E-state index contributed by atoms with van der Waals surface area (Å²) in [5.41, 5.74) is 5.76. The molecule has 0 amide bonds. The van der Waals surface area contributed by atoms with E-state index in [1.807, 2.05) is 0 Å². The average Bonchev–Trinajstić information content (AvgIpc) is 3.09. The van der Waals surface area contributed by atoms with Crippen molar-refractivity contribution in [3.63, 3.8) is 0 Å². The van der Waals surface area contributed by atoms with Crippen LogP contribution in [0, 0.1) is 0 Å². The molecule has 1 saturated carbocycles. The Morgan fingerprint density at radius 1 is 1.39 bits per heavy atom. The monoisotopic (exact) mass is 274 g/mol. The summed E-state index contributed by atoms with van der Waals surface area (Å²) < 4.78 is 24.9. The first kappa shape index (κ1) is 13.6. The molecule has 1 saturated heterocycles. The lowest BCUT2D eigenvalue weighted by atomic mass is 10.1. The largest absolute Gasteiger partial charge is 0.370 e. The summed E-state index contributed by atoms with van der Waals surface area (Å²) >= 11 is 0. The highest BCUT2D eigenvalue weighted by molar-refractivity contribution is 7.88. The molecule has 0 aromatic heterocycles. The minimum absolute atomic E-state index is 0.0340. The van der Waals surface area contributed by atoms with Crippen LogP contribution in [-0.2, 0) is 10.0 Å². The van der Waals surface area contributed by atoms with E-state index in [1.165, 1.54) is 6.26 Å². The molecule has 104 valence electrons. The van der Waals surface area contributed by atoms with Crippen LogP contribution < -0.4 is 11.1 Å². The van der Waals surface area contributed by atoms with Gasteiger partial charge in [0.15, 0.2) is 5.96 Å². The Balaban J connectivity index is 1.92. The molecule has 3 N–H and O–H groups in total. The third-order valence-electron chi connectivity index (χ3n) is 3.40. The van der Waals surface area contributed by atoms with E-state index in [2.05, 4.69) is 10.3 Å². The lowest BCUT2D eigenvalue weighted by Gasteiger charge is -2.32. The quantitative estimate of drug-likeness (QED) is 0.552. The lowest BCUT2D eigenvalue weighted by Crippen LogP contribution is -2.45. The Bertz CT molecular complexity index is 417. The van der Waals surface area contributed by atoms with Crippen molar-refractivity contribution in [1.29, 1.82) is 0 Å². The normalized spacial score (nSPS) is 27.2. The molecule has 0 bridgehead atoms. The highest BCUT2D eigenvalue weighted by atomic mass is 32.2. The van der Waals surface area contributed by atoms with Gasteiger partial charge in [-0.25, -0.2) is 8.42 Å². The zero-order chi connectivity index (χ0) is 13.2. The van der Waals surface area contributed by atoms with Crippen molar-refractivity contribution >= 4 is 16.0 Å². The minimum Gasteiger partial charge on any atom is -0.370 e. The first-order valence-corrected chi connectivity index (χ1v) is 8.35. The zero-order valence-electron chi connectivity index (χ0n) is 10.8. The Morgan fingerprint density at radius 2 is 2.11 bits per heavy atom. The number of nitrogens with one attached hydrogen (secondary N) is 1. The van der Waals surface area contributed by atoms with Crippen LogP contribution in [-0.4, -0.2) is 50.1 Å². The molecule has 1 aliphatic carbocycles. The molecule has 7 heteroatoms. The molecule has 0 aromatic rings. The summed E-state index contributed by atoms with van der Waals surface area (Å²) in [7, 11) is -3.13. The lowest BCUT2D eigenvalue weighted by molar-refractivity contribution is 0.259. The van der Waals surface area contributed by atoms with Gasteiger partial charge in [0.25, 0.3) is 0 Å². The number of hydrogen-bond donors (Lipinski definition) is 2. The van der Waals surface area contributed by atoms with Crippen LogP contribution in [0.15, 0.2) is 4.99 Å². The molecular formula is C11H22N4O2S. The van der Waals surface area contributed by atoms with E-state index in [0.717, 1.165) is 32.1 Å². The molecule has 6 nitrogen and oxygen atoms in total. The number of rotatable bonds is 4. The topological polar surface area (TPSA) is 87.8 Å². The third kappa shape index (κ3) is 3.84. The predicted octanol–water partition coefficient (Wildman–Crippen LogP) is -0.133. The molecular weight excluding hydrogens is 252 g/mol. The standard InChI is InChI=1S/C11H22N4O2S/c1-18(16,17)15-7-3-2-4-10(15)8-13-11(12)14-9-5-6-9/h9-10H,2-8H2,1H3,(H3,12,13,14). The van der Waals surface area contributed by atoms with Gasteiger partial charge in [-0.2, -0.15) is 4.31 Å². The van der Waals surface area contributed by atoms with E-state index in [0.29, 0.717) is 25.1 Å². The van der Waals surface area contributed by atoms with Crippen LogP contribution in [0.1, 0.15) is 32.1 Å². The van der Waals surface area contributed by atoms with Crippen molar-refractivity contribution in [1.82, 2.24) is 9.62 Å². The number of sulfonamides is 1. The SMILES string of the molecule is CS(=O)(=O)N1CCCCC1CN=C(N)NC1CC1. The van der Waals surface area contributed by atoms with Crippen molar-refractivity contribution in [2.24, 2.45) is 10.7 Å². The molecule has 2 aliphatic rings. The maximum atomic E-state index is 11.7. The number of guanidine groups is 1. The maximum Gasteiger partial charge on any atom is 0.211 e. The molecule has 2 rings (SSSR count). The van der Waals surface area contributed by atoms with Gasteiger partial charge in [-0.3, -0.25) is 4.99 Å². The van der Waals surface area contributed by atoms with Gasteiger partial charge in [0.2, 0.25) is 10.0 Å². The van der Waals surface area contributed by atoms with Gasteiger partial charge in [0.05, 0.1) is 12.8 Å². The first-order chi connectivity index (χ1) is 8.47. The van der Waals surface area contributed by atoms with Gasteiger partial charge in [-0.1, -0.05) is 6.42 Å². The first-order valence-electron chi connectivity index (χ1n) is 6.50. The van der Waals surface area contributed by atoms with Crippen LogP contribution in [0.3, 0.4) is 0 Å². The van der Waals surface area contributed by atoms with Gasteiger partial charge in [-0.15, -0.1) is 0 Å². The van der Waals surface area contributed by atoms with Gasteiger partial charge < -0.3 is 11.1 Å². The fourth-order valence-corrected chi connectivity index (χ4v) is 3.45. The summed E-state index contributed by atoms with van der Waals surface area (Å²) in [6.07, 6.45) is 6.42. The van der Waals surface area contributed by atoms with E-state index in [4.69, 9.17) is 5.73 Å². The van der Waals surface area contributed by atoms with Crippen LogP contribution in [0.4, 0.5) is 0 Å². The fraction of sp³-hybridized carbons (Fsp3) is 0.909. The van der Waals surface area contributed by atoms with E-state index < -0.39 is 10.0 Å². The molecule has 0 spiro atoms. The van der Waals surface area contributed by atoms with E-state index in [1.54, 1.807) is 4.31 Å². The van der Waals surface area contributed by atoms with Crippen LogP contribution in [0.25, 0.3) is 0 Å². The number of hydrogen-bond acceptors (Lipinski definition) is 3. The van der Waals surface area contributed by atoms with Gasteiger partial charge in [0, 0.05) is 18.6 Å². The van der Waals surface area contributed by atoms with Gasteiger partial charge in [0.1, 0.15) is 0 Å². The molecule has 2 fully saturated rings. The fourth-order valence-electron chi connectivity index (χ4n) is 2.28. The summed E-state index contributed by atoms with van der Waals surface area (Å²) in [6.45, 7) is 1.06. The van der Waals surface area contributed by atoms with Crippen molar-refractivity contribution in [2.45, 2.75) is 44.2 Å². The second-order valence-corrected chi connectivity index (χ2v) is 7.10. The Labute approximate surface area is 109 Å². The summed E-state index contributed by atoms with van der Waals surface area (Å²) in [6, 6.07) is 0.444. The van der Waals surface area contributed by atoms with E-state index >= 15 is 0 Å². The molecule has 1 heterocycles. The molecule has 18 heavy (non-hydrogen) atoms. The summed E-state index contributed by atoms with van der Waals surface area (Å²) in [4.78, 5) is 4.27. The second-order valence-electron chi connectivity index (χ2n) is 5.17. The van der Waals surface area contributed by atoms with Crippen LogP contribution in [0.2, 0.25) is 0 Å². The third-order valence-corrected chi connectivity index (χ3v) is 4.73. The van der Waals surface area contributed by atoms with Gasteiger partial charge in [-0.05, 0) is 25.7 Å². The smallest absolute Gasteiger partial charge is 0.211 e. The summed E-state index contributed by atoms with van der Waals surface area (Å²) in [5.74, 6) is 0.441. The molecule has 1 unspecified atom stereocenters. The predicted molar refractivity (Wildman–Crippen MR) is 71.8 cm³/mol. The molecule has 1 aliphatic heterocycles. The Hall–Kier alpha value is -0.820. The highest BCUT2D eigenvalue weighted by Crippen LogP contribution is 2.20. The number of piperidine rings is 1. The van der Waals surface area contributed by atoms with Gasteiger partial charge >= 0.3 is 0 Å². The average molecular weight is 274 g/mol.